The van der Waals surface area contributed by atoms with Crippen molar-refractivity contribution in [3.63, 3.8) is 0 Å². The Morgan fingerprint density at radius 2 is 1.61 bits per heavy atom. The maximum Gasteiger partial charge on any atom is 0.216 e. The maximum absolute atomic E-state index is 12.5. The molecule has 0 amide bonds. The van der Waals surface area contributed by atoms with Gasteiger partial charge in [-0.3, -0.25) is 0 Å². The van der Waals surface area contributed by atoms with Gasteiger partial charge < -0.3 is 0 Å². The lowest BCUT2D eigenvalue weighted by Gasteiger charge is -2.35. The van der Waals surface area contributed by atoms with Crippen LogP contribution in [0.3, 0.4) is 0 Å². The lowest BCUT2D eigenvalue weighted by atomic mass is 9.95. The van der Waals surface area contributed by atoms with E-state index in [2.05, 4.69) is 0 Å². The Bertz CT molecular complexity index is 355. The molecule has 0 aromatic rings. The second-order valence-corrected chi connectivity index (χ2v) is 8.62. The third-order valence-corrected chi connectivity index (χ3v) is 7.24. The molecule has 1 saturated carbocycles. The molecule has 1 aliphatic carbocycles. The fraction of sp³-hybridized carbons (Fsp3) is 1.00. The molecule has 2 rings (SSSR count). The van der Waals surface area contributed by atoms with Gasteiger partial charge in [0.15, 0.2) is 0 Å². The van der Waals surface area contributed by atoms with Gasteiger partial charge in [0.25, 0.3) is 0 Å². The molecular formula is C13H24ClNO2S. The Kier molecular flexibility index (Phi) is 4.95. The largest absolute Gasteiger partial charge is 0.216 e. The minimum atomic E-state index is -3.04. The Balaban J connectivity index is 1.95. The molecule has 0 radical (unpaired) electrons. The number of sulfonamides is 1. The number of piperidine rings is 1. The molecular weight excluding hydrogens is 270 g/mol. The smallest absolute Gasteiger partial charge is 0.212 e. The lowest BCUT2D eigenvalue weighted by molar-refractivity contribution is 0.267. The summed E-state index contributed by atoms with van der Waals surface area (Å²) in [5.74, 6) is 0.476. The molecule has 2 aliphatic rings. The van der Waals surface area contributed by atoms with E-state index in [9.17, 15) is 8.42 Å². The van der Waals surface area contributed by atoms with Crippen molar-refractivity contribution >= 4 is 21.6 Å². The third-order valence-electron chi connectivity index (χ3n) is 4.48. The Hall–Kier alpha value is 0.200. The van der Waals surface area contributed by atoms with Crippen molar-refractivity contribution in [1.82, 2.24) is 4.31 Å². The summed E-state index contributed by atoms with van der Waals surface area (Å²) in [4.78, 5) is 0. The van der Waals surface area contributed by atoms with Crippen LogP contribution in [0.5, 0.6) is 0 Å². The highest BCUT2D eigenvalue weighted by Crippen LogP contribution is 2.30. The van der Waals surface area contributed by atoms with E-state index in [-0.39, 0.29) is 10.6 Å². The van der Waals surface area contributed by atoms with Crippen molar-refractivity contribution in [1.29, 1.82) is 0 Å². The first kappa shape index (κ1) is 14.6. The van der Waals surface area contributed by atoms with Gasteiger partial charge in [-0.05, 0) is 38.5 Å². The average Bonchev–Trinajstić information content (AvgIpc) is 2.40. The molecule has 1 heterocycles. The van der Waals surface area contributed by atoms with Gasteiger partial charge >= 0.3 is 0 Å². The number of hydrogen-bond acceptors (Lipinski definition) is 2. The topological polar surface area (TPSA) is 37.4 Å². The fourth-order valence-electron chi connectivity index (χ4n) is 3.16. The standard InChI is InChI=1S/C13H24ClNO2S/c1-11(14)12-7-9-15(10-8-12)18(16,17)13-5-3-2-4-6-13/h11-13H,2-10H2,1H3. The first-order chi connectivity index (χ1) is 8.51. The summed E-state index contributed by atoms with van der Waals surface area (Å²) in [6.07, 6.45) is 6.87. The van der Waals surface area contributed by atoms with E-state index < -0.39 is 10.0 Å². The van der Waals surface area contributed by atoms with Crippen molar-refractivity contribution in [3.8, 4) is 0 Å². The molecule has 18 heavy (non-hydrogen) atoms. The van der Waals surface area contributed by atoms with Gasteiger partial charge in [-0.15, -0.1) is 11.6 Å². The number of rotatable bonds is 3. The average molecular weight is 294 g/mol. The van der Waals surface area contributed by atoms with Crippen LogP contribution in [-0.2, 0) is 10.0 Å². The van der Waals surface area contributed by atoms with Crippen LogP contribution in [-0.4, -0.2) is 36.4 Å². The summed E-state index contributed by atoms with van der Waals surface area (Å²) in [6.45, 7) is 3.35. The summed E-state index contributed by atoms with van der Waals surface area (Å²) in [5.41, 5.74) is 0. The van der Waals surface area contributed by atoms with Gasteiger partial charge in [0.2, 0.25) is 10.0 Å². The third kappa shape index (κ3) is 3.20. The summed E-state index contributed by atoms with van der Waals surface area (Å²) in [7, 11) is -3.04. The van der Waals surface area contributed by atoms with Gasteiger partial charge in [0.05, 0.1) is 5.25 Å². The van der Waals surface area contributed by atoms with E-state index >= 15 is 0 Å². The van der Waals surface area contributed by atoms with Crippen molar-refractivity contribution in [2.45, 2.75) is 62.5 Å². The van der Waals surface area contributed by atoms with E-state index in [1.807, 2.05) is 6.92 Å². The first-order valence-electron chi connectivity index (χ1n) is 7.15. The zero-order chi connectivity index (χ0) is 13.2. The van der Waals surface area contributed by atoms with Crippen LogP contribution in [0.25, 0.3) is 0 Å². The van der Waals surface area contributed by atoms with Crippen LogP contribution in [0.4, 0.5) is 0 Å². The minimum Gasteiger partial charge on any atom is -0.212 e. The summed E-state index contributed by atoms with van der Waals surface area (Å²) < 4.78 is 26.7. The molecule has 3 nitrogen and oxygen atoms in total. The predicted molar refractivity (Wildman–Crippen MR) is 75.4 cm³/mol. The van der Waals surface area contributed by atoms with E-state index in [0.717, 1.165) is 38.5 Å². The van der Waals surface area contributed by atoms with Crippen LogP contribution in [0.1, 0.15) is 51.9 Å². The van der Waals surface area contributed by atoms with Gasteiger partial charge in [0.1, 0.15) is 0 Å². The molecule has 0 N–H and O–H groups in total. The molecule has 0 bridgehead atoms. The number of hydrogen-bond donors (Lipinski definition) is 0. The Morgan fingerprint density at radius 3 is 2.11 bits per heavy atom. The molecule has 0 aromatic heterocycles. The number of halogens is 1. The van der Waals surface area contributed by atoms with Crippen molar-refractivity contribution in [2.24, 2.45) is 5.92 Å². The number of nitrogens with zero attached hydrogens (tertiary/aromatic N) is 1. The van der Waals surface area contributed by atoms with Gasteiger partial charge in [-0.2, -0.15) is 0 Å². The minimum absolute atomic E-state index is 0.115. The van der Waals surface area contributed by atoms with Gasteiger partial charge in [0, 0.05) is 18.5 Å². The molecule has 1 unspecified atom stereocenters. The molecule has 1 atom stereocenters. The normalized spacial score (nSPS) is 27.2. The number of alkyl halides is 1. The molecule has 0 spiro atoms. The van der Waals surface area contributed by atoms with E-state index in [1.165, 1.54) is 6.42 Å². The second kappa shape index (κ2) is 6.10. The van der Waals surface area contributed by atoms with Gasteiger partial charge in [-0.25, -0.2) is 12.7 Å². The zero-order valence-electron chi connectivity index (χ0n) is 11.1. The monoisotopic (exact) mass is 293 g/mol. The highest BCUT2D eigenvalue weighted by molar-refractivity contribution is 7.89. The molecule has 106 valence electrons. The van der Waals surface area contributed by atoms with Crippen LogP contribution in [0, 0.1) is 5.92 Å². The summed E-state index contributed by atoms with van der Waals surface area (Å²) >= 11 is 6.10. The molecule has 5 heteroatoms. The quantitative estimate of drug-likeness (QED) is 0.750. The van der Waals surface area contributed by atoms with Crippen molar-refractivity contribution in [2.75, 3.05) is 13.1 Å². The highest BCUT2D eigenvalue weighted by atomic mass is 35.5. The van der Waals surface area contributed by atoms with Crippen LogP contribution in [0.15, 0.2) is 0 Å². The highest BCUT2D eigenvalue weighted by Gasteiger charge is 2.35. The van der Waals surface area contributed by atoms with Crippen LogP contribution in [0.2, 0.25) is 0 Å². The molecule has 1 saturated heterocycles. The van der Waals surface area contributed by atoms with Crippen LogP contribution >= 0.6 is 11.6 Å². The summed E-state index contributed by atoms with van der Waals surface area (Å²) in [5, 5.41) is 0.0424. The van der Waals surface area contributed by atoms with E-state index in [0.29, 0.717) is 19.0 Å². The predicted octanol–water partition coefficient (Wildman–Crippen LogP) is 2.99. The molecule has 2 fully saturated rings. The molecule has 1 aliphatic heterocycles. The Morgan fingerprint density at radius 1 is 1.06 bits per heavy atom. The van der Waals surface area contributed by atoms with Crippen molar-refractivity contribution < 1.29 is 8.42 Å². The lowest BCUT2D eigenvalue weighted by Crippen LogP contribution is -2.44. The Labute approximate surface area is 116 Å². The summed E-state index contributed by atoms with van der Waals surface area (Å²) in [6, 6.07) is 0. The van der Waals surface area contributed by atoms with Gasteiger partial charge in [-0.1, -0.05) is 19.3 Å². The van der Waals surface area contributed by atoms with Crippen LogP contribution < -0.4 is 0 Å². The first-order valence-corrected chi connectivity index (χ1v) is 9.09. The van der Waals surface area contributed by atoms with E-state index in [4.69, 9.17) is 11.6 Å². The second-order valence-electron chi connectivity index (χ2n) is 5.72. The fourth-order valence-corrected chi connectivity index (χ4v) is 5.49. The maximum atomic E-state index is 12.5. The zero-order valence-corrected chi connectivity index (χ0v) is 12.7. The molecule has 0 aromatic carbocycles. The van der Waals surface area contributed by atoms with E-state index in [1.54, 1.807) is 4.31 Å². The SMILES string of the molecule is CC(Cl)C1CCN(S(=O)(=O)C2CCCCC2)CC1. The van der Waals surface area contributed by atoms with Crippen molar-refractivity contribution in [3.05, 3.63) is 0 Å².